The van der Waals surface area contributed by atoms with E-state index < -0.39 is 0 Å². The number of pyridine rings is 1. The van der Waals surface area contributed by atoms with Crippen molar-refractivity contribution < 1.29 is 0 Å². The van der Waals surface area contributed by atoms with Crippen LogP contribution in [0.1, 0.15) is 5.69 Å². The number of rotatable bonds is 4. The van der Waals surface area contributed by atoms with Crippen LogP contribution < -0.4 is 5.32 Å². The molecule has 0 aliphatic heterocycles. The highest BCUT2D eigenvalue weighted by Crippen LogP contribution is 2.21. The molecule has 1 N–H and O–H groups in total. The third-order valence-corrected chi connectivity index (χ3v) is 3.38. The first-order chi connectivity index (χ1) is 9.42. The molecule has 0 atom stereocenters. The monoisotopic (exact) mass is 269 g/mol. The molecular formula is C13H11N5S. The fourth-order valence-electron chi connectivity index (χ4n) is 1.58. The van der Waals surface area contributed by atoms with E-state index in [4.69, 9.17) is 0 Å². The van der Waals surface area contributed by atoms with E-state index in [9.17, 15) is 0 Å². The molecule has 3 aromatic heterocycles. The molecule has 0 bridgehead atoms. The van der Waals surface area contributed by atoms with E-state index in [1.807, 2.05) is 23.6 Å². The lowest BCUT2D eigenvalue weighted by Crippen LogP contribution is -2.00. The summed E-state index contributed by atoms with van der Waals surface area (Å²) in [7, 11) is 0. The lowest BCUT2D eigenvalue weighted by atomic mass is 10.3. The van der Waals surface area contributed by atoms with Crippen LogP contribution in [0.3, 0.4) is 0 Å². The van der Waals surface area contributed by atoms with Crippen LogP contribution in [0.4, 0.5) is 5.69 Å². The highest BCUT2D eigenvalue weighted by Gasteiger charge is 2.05. The van der Waals surface area contributed by atoms with E-state index in [0.717, 1.165) is 22.1 Å². The number of thiazole rings is 1. The van der Waals surface area contributed by atoms with E-state index in [1.54, 1.807) is 29.9 Å². The molecule has 0 amide bonds. The van der Waals surface area contributed by atoms with Gasteiger partial charge in [0, 0.05) is 11.6 Å². The summed E-state index contributed by atoms with van der Waals surface area (Å²) in [6, 6.07) is 5.82. The largest absolute Gasteiger partial charge is 0.377 e. The first-order valence-corrected chi connectivity index (χ1v) is 6.64. The van der Waals surface area contributed by atoms with Crippen molar-refractivity contribution in [2.45, 2.75) is 6.54 Å². The molecule has 0 saturated carbocycles. The van der Waals surface area contributed by atoms with Crippen LogP contribution in [0.15, 0.2) is 48.5 Å². The Bertz CT molecular complexity index is 638. The highest BCUT2D eigenvalue weighted by molar-refractivity contribution is 7.13. The van der Waals surface area contributed by atoms with Crippen LogP contribution in [-0.4, -0.2) is 19.9 Å². The van der Waals surface area contributed by atoms with Gasteiger partial charge in [0.15, 0.2) is 0 Å². The quantitative estimate of drug-likeness (QED) is 0.788. The number of hydrogen-bond donors (Lipinski definition) is 1. The Morgan fingerprint density at radius 3 is 2.84 bits per heavy atom. The number of nitrogens with zero attached hydrogens (tertiary/aromatic N) is 4. The maximum Gasteiger partial charge on any atom is 0.142 e. The molecule has 0 radical (unpaired) electrons. The van der Waals surface area contributed by atoms with Gasteiger partial charge >= 0.3 is 0 Å². The Kier molecular flexibility index (Phi) is 3.42. The smallest absolute Gasteiger partial charge is 0.142 e. The fraction of sp³-hybridized carbons (Fsp3) is 0.0769. The van der Waals surface area contributed by atoms with Gasteiger partial charge in [-0.3, -0.25) is 4.98 Å². The van der Waals surface area contributed by atoms with Crippen LogP contribution in [0, 0.1) is 0 Å². The van der Waals surface area contributed by atoms with Gasteiger partial charge in [-0.1, -0.05) is 6.07 Å². The molecule has 0 aliphatic rings. The summed E-state index contributed by atoms with van der Waals surface area (Å²) in [5.74, 6) is 0. The molecule has 3 rings (SSSR count). The van der Waals surface area contributed by atoms with E-state index in [1.165, 1.54) is 6.33 Å². The molecule has 94 valence electrons. The molecule has 19 heavy (non-hydrogen) atoms. The zero-order valence-electron chi connectivity index (χ0n) is 10.0. The van der Waals surface area contributed by atoms with E-state index in [2.05, 4.69) is 25.3 Å². The highest BCUT2D eigenvalue weighted by atomic mass is 32.1. The third-order valence-electron chi connectivity index (χ3n) is 2.47. The zero-order valence-corrected chi connectivity index (χ0v) is 10.8. The van der Waals surface area contributed by atoms with E-state index >= 15 is 0 Å². The van der Waals surface area contributed by atoms with Gasteiger partial charge in [-0.2, -0.15) is 0 Å². The normalized spacial score (nSPS) is 10.3. The maximum absolute atomic E-state index is 4.55. The molecule has 0 unspecified atom stereocenters. The predicted molar refractivity (Wildman–Crippen MR) is 74.7 cm³/mol. The van der Waals surface area contributed by atoms with Crippen molar-refractivity contribution in [3.05, 3.63) is 54.2 Å². The van der Waals surface area contributed by atoms with Gasteiger partial charge in [0.1, 0.15) is 11.3 Å². The fourth-order valence-corrected chi connectivity index (χ4v) is 2.37. The van der Waals surface area contributed by atoms with Gasteiger partial charge in [-0.15, -0.1) is 11.3 Å². The van der Waals surface area contributed by atoms with Crippen molar-refractivity contribution in [1.82, 2.24) is 19.9 Å². The Hall–Kier alpha value is -2.34. The van der Waals surface area contributed by atoms with Crippen LogP contribution in [-0.2, 0) is 6.54 Å². The second-order valence-electron chi connectivity index (χ2n) is 3.84. The maximum atomic E-state index is 4.55. The average molecular weight is 269 g/mol. The van der Waals surface area contributed by atoms with Gasteiger partial charge in [0.2, 0.25) is 0 Å². The van der Waals surface area contributed by atoms with Crippen molar-refractivity contribution in [1.29, 1.82) is 0 Å². The first-order valence-electron chi connectivity index (χ1n) is 5.76. The summed E-state index contributed by atoms with van der Waals surface area (Å²) in [6.45, 7) is 0.650. The minimum atomic E-state index is 0.650. The molecule has 0 spiro atoms. The lowest BCUT2D eigenvalue weighted by molar-refractivity contribution is 1.05. The van der Waals surface area contributed by atoms with Crippen molar-refractivity contribution in [2.24, 2.45) is 0 Å². The summed E-state index contributed by atoms with van der Waals surface area (Å²) < 4.78 is 0. The van der Waals surface area contributed by atoms with Gasteiger partial charge in [-0.25, -0.2) is 15.0 Å². The molecule has 5 nitrogen and oxygen atoms in total. The second kappa shape index (κ2) is 5.53. The first kappa shape index (κ1) is 11.7. The third kappa shape index (κ3) is 2.92. The standard InChI is InChI=1S/C13H11N5S/c1-2-4-16-12(3-1)13-18-11(8-19-13)7-17-10-5-14-9-15-6-10/h1-6,8-9,17H,7H2. The Labute approximate surface area is 114 Å². The summed E-state index contributed by atoms with van der Waals surface area (Å²) in [5, 5.41) is 6.19. The zero-order chi connectivity index (χ0) is 12.9. The van der Waals surface area contributed by atoms with Crippen LogP contribution in [0.25, 0.3) is 10.7 Å². The minimum absolute atomic E-state index is 0.650. The number of aromatic nitrogens is 4. The van der Waals surface area contributed by atoms with Crippen LogP contribution in [0.2, 0.25) is 0 Å². The molecule has 0 fully saturated rings. The predicted octanol–water partition coefficient (Wildman–Crippen LogP) is 2.61. The SMILES string of the molecule is c1ccc(-c2nc(CNc3cncnc3)cs2)nc1. The Morgan fingerprint density at radius 2 is 2.05 bits per heavy atom. The second-order valence-corrected chi connectivity index (χ2v) is 4.70. The van der Waals surface area contributed by atoms with Gasteiger partial charge in [-0.05, 0) is 12.1 Å². The number of hydrogen-bond acceptors (Lipinski definition) is 6. The minimum Gasteiger partial charge on any atom is -0.377 e. The van der Waals surface area contributed by atoms with E-state index in [0.29, 0.717) is 6.54 Å². The van der Waals surface area contributed by atoms with Gasteiger partial charge in [0.25, 0.3) is 0 Å². The number of anilines is 1. The molecule has 0 aromatic carbocycles. The van der Waals surface area contributed by atoms with E-state index in [-0.39, 0.29) is 0 Å². The van der Waals surface area contributed by atoms with Crippen molar-refractivity contribution in [3.63, 3.8) is 0 Å². The molecule has 0 saturated heterocycles. The summed E-state index contributed by atoms with van der Waals surface area (Å²) in [4.78, 5) is 16.7. The van der Waals surface area contributed by atoms with Crippen molar-refractivity contribution in [2.75, 3.05) is 5.32 Å². The summed E-state index contributed by atoms with van der Waals surface area (Å²) in [6.07, 6.45) is 6.75. The summed E-state index contributed by atoms with van der Waals surface area (Å²) in [5.41, 5.74) is 2.77. The molecule has 0 aliphatic carbocycles. The topological polar surface area (TPSA) is 63.6 Å². The van der Waals surface area contributed by atoms with Crippen molar-refractivity contribution in [3.8, 4) is 10.7 Å². The summed E-state index contributed by atoms with van der Waals surface area (Å²) >= 11 is 1.59. The Morgan fingerprint density at radius 1 is 1.16 bits per heavy atom. The van der Waals surface area contributed by atoms with Crippen LogP contribution in [0.5, 0.6) is 0 Å². The molecule has 3 heterocycles. The average Bonchev–Trinajstić information content (AvgIpc) is 2.96. The van der Waals surface area contributed by atoms with Crippen LogP contribution >= 0.6 is 11.3 Å². The van der Waals surface area contributed by atoms with Gasteiger partial charge in [0.05, 0.1) is 36.0 Å². The lowest BCUT2D eigenvalue weighted by Gasteiger charge is -2.01. The van der Waals surface area contributed by atoms with Gasteiger partial charge < -0.3 is 5.32 Å². The molecule has 3 aromatic rings. The number of nitrogens with one attached hydrogen (secondary N) is 1. The molecular weight excluding hydrogens is 258 g/mol. The van der Waals surface area contributed by atoms with Crippen molar-refractivity contribution >= 4 is 17.0 Å². The molecule has 6 heteroatoms. The Balaban J connectivity index is 1.69.